The number of rotatable bonds is 5. The van der Waals surface area contributed by atoms with Gasteiger partial charge in [0.2, 0.25) is 0 Å². The van der Waals surface area contributed by atoms with Crippen LogP contribution in [0.15, 0.2) is 35.5 Å². The zero-order valence-corrected chi connectivity index (χ0v) is 9.06. The summed E-state index contributed by atoms with van der Waals surface area (Å²) >= 11 is 0. The van der Waals surface area contributed by atoms with Crippen molar-refractivity contribution in [3.05, 3.63) is 35.9 Å². The summed E-state index contributed by atoms with van der Waals surface area (Å²) < 4.78 is 0. The van der Waals surface area contributed by atoms with Gasteiger partial charge < -0.3 is 4.84 Å². The van der Waals surface area contributed by atoms with Crippen LogP contribution in [-0.2, 0) is 9.63 Å². The van der Waals surface area contributed by atoms with Crippen LogP contribution in [0.2, 0.25) is 0 Å². The molecule has 0 amide bonds. The van der Waals surface area contributed by atoms with E-state index in [-0.39, 0.29) is 5.78 Å². The van der Waals surface area contributed by atoms with Crippen LogP contribution >= 0.6 is 0 Å². The summed E-state index contributed by atoms with van der Waals surface area (Å²) in [5.41, 5.74) is 1.62. The van der Waals surface area contributed by atoms with E-state index in [0.717, 1.165) is 5.56 Å². The van der Waals surface area contributed by atoms with Gasteiger partial charge in [0.15, 0.2) is 0 Å². The van der Waals surface area contributed by atoms with Gasteiger partial charge in [-0.05, 0) is 5.56 Å². The molecule has 3 heteroatoms. The van der Waals surface area contributed by atoms with Gasteiger partial charge in [-0.25, -0.2) is 0 Å². The molecule has 0 aliphatic rings. The minimum absolute atomic E-state index is 0.162. The summed E-state index contributed by atoms with van der Waals surface area (Å²) in [5, 5.41) is 3.88. The lowest BCUT2D eigenvalue weighted by Crippen LogP contribution is -2.08. The maximum Gasteiger partial charge on any atom is 0.138 e. The van der Waals surface area contributed by atoms with Gasteiger partial charge in [0.1, 0.15) is 12.9 Å². The number of carbonyl (C=O) groups excluding carboxylic acids is 1. The van der Waals surface area contributed by atoms with Gasteiger partial charge in [0.25, 0.3) is 0 Å². The minimum Gasteiger partial charge on any atom is -0.399 e. The summed E-state index contributed by atoms with van der Waals surface area (Å²) in [5.74, 6) is 0.162. The predicted molar refractivity (Wildman–Crippen MR) is 59.9 cm³/mol. The molecule has 0 heterocycles. The van der Waals surface area contributed by atoms with Crippen LogP contribution in [0.3, 0.4) is 0 Å². The lowest BCUT2D eigenvalue weighted by Gasteiger charge is -2.03. The van der Waals surface area contributed by atoms with E-state index in [2.05, 4.69) is 5.16 Å². The van der Waals surface area contributed by atoms with E-state index < -0.39 is 0 Å². The summed E-state index contributed by atoms with van der Waals surface area (Å²) in [6, 6.07) is 9.59. The van der Waals surface area contributed by atoms with Gasteiger partial charge in [-0.2, -0.15) is 0 Å². The first-order valence-electron chi connectivity index (χ1n) is 4.95. The Balaban J connectivity index is 2.85. The van der Waals surface area contributed by atoms with Crippen molar-refractivity contribution in [1.29, 1.82) is 0 Å². The Labute approximate surface area is 89.7 Å². The SMILES string of the molecule is CCC(=O)C/C(=N/OC)c1ccccc1. The largest absolute Gasteiger partial charge is 0.399 e. The number of oxime groups is 1. The van der Waals surface area contributed by atoms with E-state index in [4.69, 9.17) is 4.84 Å². The fourth-order valence-corrected chi connectivity index (χ4v) is 1.24. The van der Waals surface area contributed by atoms with Crippen LogP contribution in [0.1, 0.15) is 25.3 Å². The third-order valence-corrected chi connectivity index (χ3v) is 2.07. The van der Waals surface area contributed by atoms with Gasteiger partial charge in [0.05, 0.1) is 12.1 Å². The van der Waals surface area contributed by atoms with Crippen LogP contribution in [0.4, 0.5) is 0 Å². The molecule has 80 valence electrons. The summed E-state index contributed by atoms with van der Waals surface area (Å²) in [6.45, 7) is 1.84. The topological polar surface area (TPSA) is 38.7 Å². The highest BCUT2D eigenvalue weighted by atomic mass is 16.6. The molecule has 1 aromatic rings. The number of hydrogen-bond acceptors (Lipinski definition) is 3. The Morgan fingerprint density at radius 1 is 1.33 bits per heavy atom. The highest BCUT2D eigenvalue weighted by molar-refractivity contribution is 6.10. The van der Waals surface area contributed by atoms with Gasteiger partial charge in [0, 0.05) is 6.42 Å². The maximum absolute atomic E-state index is 11.3. The normalized spacial score (nSPS) is 11.2. The minimum atomic E-state index is 0.162. The van der Waals surface area contributed by atoms with Gasteiger partial charge in [-0.3, -0.25) is 4.79 Å². The average molecular weight is 205 g/mol. The molecular weight excluding hydrogens is 190 g/mol. The zero-order valence-electron chi connectivity index (χ0n) is 9.06. The summed E-state index contributed by atoms with van der Waals surface area (Å²) in [4.78, 5) is 16.1. The molecule has 3 nitrogen and oxygen atoms in total. The average Bonchev–Trinajstić information content (AvgIpc) is 2.29. The zero-order chi connectivity index (χ0) is 11.1. The number of hydrogen-bond donors (Lipinski definition) is 0. The van der Waals surface area contributed by atoms with Crippen molar-refractivity contribution in [3.63, 3.8) is 0 Å². The molecule has 1 aromatic carbocycles. The molecule has 0 aliphatic carbocycles. The fraction of sp³-hybridized carbons (Fsp3) is 0.333. The van der Waals surface area contributed by atoms with Crippen LogP contribution in [0.25, 0.3) is 0 Å². The smallest absolute Gasteiger partial charge is 0.138 e. The molecule has 0 radical (unpaired) electrons. The van der Waals surface area contributed by atoms with E-state index in [1.807, 2.05) is 37.3 Å². The Bertz CT molecular complexity index is 344. The maximum atomic E-state index is 11.3. The van der Waals surface area contributed by atoms with Crippen molar-refractivity contribution in [3.8, 4) is 0 Å². The van der Waals surface area contributed by atoms with Crippen molar-refractivity contribution >= 4 is 11.5 Å². The molecule has 0 saturated heterocycles. The molecule has 0 spiro atoms. The lowest BCUT2D eigenvalue weighted by molar-refractivity contribution is -0.117. The van der Waals surface area contributed by atoms with Crippen molar-refractivity contribution < 1.29 is 9.63 Å². The second kappa shape index (κ2) is 5.96. The van der Waals surface area contributed by atoms with Crippen LogP contribution in [-0.4, -0.2) is 18.6 Å². The molecule has 0 aromatic heterocycles. The van der Waals surface area contributed by atoms with Crippen molar-refractivity contribution in [2.75, 3.05) is 7.11 Å². The fourth-order valence-electron chi connectivity index (χ4n) is 1.24. The standard InChI is InChI=1S/C12H15NO2/c1-3-11(14)9-12(13-15-2)10-7-5-4-6-8-10/h4-8H,3,9H2,1-2H3/b13-12-. The molecule has 0 saturated carbocycles. The molecule has 0 unspecified atom stereocenters. The number of benzene rings is 1. The highest BCUT2D eigenvalue weighted by Crippen LogP contribution is 2.06. The number of carbonyl (C=O) groups is 1. The third kappa shape index (κ3) is 3.54. The molecule has 0 fully saturated rings. The van der Waals surface area contributed by atoms with E-state index in [1.54, 1.807) is 0 Å². The van der Waals surface area contributed by atoms with Crippen molar-refractivity contribution in [1.82, 2.24) is 0 Å². The number of ketones is 1. The molecule has 15 heavy (non-hydrogen) atoms. The number of Topliss-reactive ketones (excluding diaryl/α,β-unsaturated/α-hetero) is 1. The Morgan fingerprint density at radius 3 is 2.53 bits per heavy atom. The first kappa shape index (κ1) is 11.4. The third-order valence-electron chi connectivity index (χ3n) is 2.07. The second-order valence-corrected chi connectivity index (χ2v) is 3.16. The van der Waals surface area contributed by atoms with E-state index in [1.165, 1.54) is 7.11 Å². The van der Waals surface area contributed by atoms with Crippen molar-refractivity contribution in [2.45, 2.75) is 19.8 Å². The quantitative estimate of drug-likeness (QED) is 0.547. The first-order chi connectivity index (χ1) is 7.27. The van der Waals surface area contributed by atoms with Gasteiger partial charge in [-0.1, -0.05) is 42.4 Å². The lowest BCUT2D eigenvalue weighted by atomic mass is 10.0. The summed E-state index contributed by atoms with van der Waals surface area (Å²) in [7, 11) is 1.49. The first-order valence-corrected chi connectivity index (χ1v) is 4.95. The Morgan fingerprint density at radius 2 is 2.00 bits per heavy atom. The Kier molecular flexibility index (Phi) is 4.54. The molecular formula is C12H15NO2. The van der Waals surface area contributed by atoms with Crippen molar-refractivity contribution in [2.24, 2.45) is 5.16 Å². The number of nitrogens with zero attached hydrogens (tertiary/aromatic N) is 1. The monoisotopic (exact) mass is 205 g/mol. The molecule has 0 aliphatic heterocycles. The molecule has 0 atom stereocenters. The molecule has 1 rings (SSSR count). The Hall–Kier alpha value is -1.64. The van der Waals surface area contributed by atoms with Crippen LogP contribution < -0.4 is 0 Å². The predicted octanol–water partition coefficient (Wildman–Crippen LogP) is 2.41. The van der Waals surface area contributed by atoms with E-state index >= 15 is 0 Å². The molecule has 0 bridgehead atoms. The van der Waals surface area contributed by atoms with E-state index in [0.29, 0.717) is 18.6 Å². The van der Waals surface area contributed by atoms with Gasteiger partial charge >= 0.3 is 0 Å². The van der Waals surface area contributed by atoms with E-state index in [9.17, 15) is 4.79 Å². The molecule has 0 N–H and O–H groups in total. The van der Waals surface area contributed by atoms with Crippen LogP contribution in [0.5, 0.6) is 0 Å². The second-order valence-electron chi connectivity index (χ2n) is 3.16. The van der Waals surface area contributed by atoms with Gasteiger partial charge in [-0.15, -0.1) is 0 Å². The summed E-state index contributed by atoms with van der Waals surface area (Å²) in [6.07, 6.45) is 0.851. The van der Waals surface area contributed by atoms with Crippen LogP contribution in [0, 0.1) is 0 Å². The highest BCUT2D eigenvalue weighted by Gasteiger charge is 2.08.